The van der Waals surface area contributed by atoms with Crippen LogP contribution in [0.15, 0.2) is 132 Å². The summed E-state index contributed by atoms with van der Waals surface area (Å²) >= 11 is 0. The van der Waals surface area contributed by atoms with E-state index in [2.05, 4.69) is 160 Å². The van der Waals surface area contributed by atoms with Crippen LogP contribution in [0.25, 0.3) is 16.9 Å². The molecule has 226 valence electrons. The Labute approximate surface area is 272 Å². The Morgan fingerprint density at radius 1 is 0.587 bits per heavy atom. The second-order valence-corrected chi connectivity index (χ2v) is 12.3. The lowest BCUT2D eigenvalue weighted by Gasteiger charge is -2.24. The molecule has 1 aliphatic heterocycles. The van der Waals surface area contributed by atoms with Gasteiger partial charge >= 0.3 is 0 Å². The zero-order chi connectivity index (χ0) is 31.8. The largest absolute Gasteiger partial charge is 0.308 e. The predicted molar refractivity (Wildman–Crippen MR) is 195 cm³/mol. The molecule has 0 radical (unpaired) electrons. The van der Waals surface area contributed by atoms with Crippen LogP contribution in [-0.4, -0.2) is 29.0 Å². The Morgan fingerprint density at radius 3 is 1.89 bits per heavy atom. The molecule has 0 N–H and O–H groups in total. The number of benzene rings is 5. The van der Waals surface area contributed by atoms with Gasteiger partial charge in [0, 0.05) is 16.9 Å². The van der Waals surface area contributed by atoms with Crippen LogP contribution in [-0.2, 0) is 0 Å². The van der Waals surface area contributed by atoms with Gasteiger partial charge in [-0.25, -0.2) is 9.69 Å². The molecule has 0 aliphatic carbocycles. The molecule has 0 atom stereocenters. The van der Waals surface area contributed by atoms with Crippen molar-refractivity contribution in [2.75, 3.05) is 16.6 Å². The van der Waals surface area contributed by atoms with Crippen LogP contribution < -0.4 is 26.3 Å². The van der Waals surface area contributed by atoms with Crippen LogP contribution in [0.2, 0.25) is 0 Å². The van der Waals surface area contributed by atoms with Gasteiger partial charge in [-0.1, -0.05) is 118 Å². The number of nitrogens with zero attached hydrogens (tertiary/aromatic N) is 5. The van der Waals surface area contributed by atoms with E-state index in [4.69, 9.17) is 10.2 Å². The summed E-state index contributed by atoms with van der Waals surface area (Å²) in [5.74, 6) is 0.983. The van der Waals surface area contributed by atoms with Crippen LogP contribution in [0, 0.1) is 27.7 Å². The van der Waals surface area contributed by atoms with Crippen molar-refractivity contribution in [2.45, 2.75) is 34.6 Å². The van der Waals surface area contributed by atoms with Gasteiger partial charge in [-0.2, -0.15) is 10.2 Å². The standard InChI is InChI=1S/C40H38BN5/c1-28-22-29(2)40(30(3)23-28)41(34-15-12-14-33(25-34)39-24-31(4)46(43-39)37-19-10-7-11-20-37)35-16-13-21-38(26-35)45-27-44(32(5)42-45)36-17-8-6-9-18-36/h6-26H,27H2,1-5H3. The van der Waals surface area contributed by atoms with Crippen molar-refractivity contribution in [3.8, 4) is 16.9 Å². The van der Waals surface area contributed by atoms with Crippen LogP contribution in [0.4, 0.5) is 11.4 Å². The molecule has 0 amide bonds. The molecule has 7 rings (SSSR count). The molecule has 46 heavy (non-hydrogen) atoms. The van der Waals surface area contributed by atoms with Crippen molar-refractivity contribution in [2.24, 2.45) is 5.10 Å². The highest BCUT2D eigenvalue weighted by Crippen LogP contribution is 2.25. The van der Waals surface area contributed by atoms with Gasteiger partial charge < -0.3 is 4.90 Å². The van der Waals surface area contributed by atoms with E-state index in [1.54, 1.807) is 0 Å². The first-order chi connectivity index (χ1) is 22.4. The molecule has 0 saturated carbocycles. The van der Waals surface area contributed by atoms with Crippen LogP contribution >= 0.6 is 0 Å². The van der Waals surface area contributed by atoms with Crippen molar-refractivity contribution >= 4 is 40.3 Å². The fourth-order valence-corrected chi connectivity index (χ4v) is 6.87. The van der Waals surface area contributed by atoms with E-state index < -0.39 is 0 Å². The molecular weight excluding hydrogens is 561 g/mol. The summed E-state index contributed by atoms with van der Waals surface area (Å²) in [6.07, 6.45) is 0. The number of hydrogen-bond acceptors (Lipinski definition) is 4. The number of hydrogen-bond donors (Lipinski definition) is 0. The highest BCUT2D eigenvalue weighted by Gasteiger charge is 2.28. The Balaban J connectivity index is 1.30. The smallest absolute Gasteiger partial charge is 0.242 e. The van der Waals surface area contributed by atoms with Crippen molar-refractivity contribution in [3.63, 3.8) is 0 Å². The molecule has 0 unspecified atom stereocenters. The van der Waals surface area contributed by atoms with Crippen LogP contribution in [0.1, 0.15) is 29.3 Å². The van der Waals surface area contributed by atoms with Gasteiger partial charge in [0.1, 0.15) is 12.5 Å². The van der Waals surface area contributed by atoms with E-state index >= 15 is 0 Å². The predicted octanol–water partition coefficient (Wildman–Crippen LogP) is 6.91. The normalized spacial score (nSPS) is 12.8. The number of hydrazone groups is 1. The van der Waals surface area contributed by atoms with E-state index in [1.165, 1.54) is 33.1 Å². The molecule has 0 spiro atoms. The monoisotopic (exact) mass is 599 g/mol. The molecule has 0 bridgehead atoms. The van der Waals surface area contributed by atoms with Crippen molar-refractivity contribution < 1.29 is 0 Å². The van der Waals surface area contributed by atoms with Gasteiger partial charge in [0.15, 0.2) is 0 Å². The van der Waals surface area contributed by atoms with E-state index in [1.807, 2.05) is 16.8 Å². The summed E-state index contributed by atoms with van der Waals surface area (Å²) in [5.41, 5.74) is 14.2. The molecule has 5 aromatic carbocycles. The Hall–Kier alpha value is -5.36. The number of para-hydroxylation sites is 2. The summed E-state index contributed by atoms with van der Waals surface area (Å²) in [7, 11) is 0. The number of rotatable bonds is 7. The molecule has 0 fully saturated rings. The number of aryl methyl sites for hydroxylation is 4. The van der Waals surface area contributed by atoms with Gasteiger partial charge in [0.25, 0.3) is 0 Å². The van der Waals surface area contributed by atoms with E-state index in [9.17, 15) is 0 Å². The molecule has 5 nitrogen and oxygen atoms in total. The highest BCUT2D eigenvalue weighted by molar-refractivity contribution is 6.96. The molecule has 1 aromatic heterocycles. The zero-order valence-electron chi connectivity index (χ0n) is 27.1. The lowest BCUT2D eigenvalue weighted by molar-refractivity contribution is 0.850. The zero-order valence-corrected chi connectivity index (χ0v) is 27.1. The van der Waals surface area contributed by atoms with Gasteiger partial charge in [-0.3, -0.25) is 0 Å². The molecule has 2 heterocycles. The van der Waals surface area contributed by atoms with Gasteiger partial charge in [-0.15, -0.1) is 0 Å². The molecule has 0 saturated heterocycles. The molecule has 6 heteroatoms. The average Bonchev–Trinajstić information content (AvgIpc) is 3.66. The highest BCUT2D eigenvalue weighted by atomic mass is 15.6. The summed E-state index contributed by atoms with van der Waals surface area (Å²) in [4.78, 5) is 2.25. The second kappa shape index (κ2) is 12.2. The Morgan fingerprint density at radius 2 is 1.20 bits per heavy atom. The van der Waals surface area contributed by atoms with Crippen molar-refractivity contribution in [3.05, 3.63) is 150 Å². The van der Waals surface area contributed by atoms with Gasteiger partial charge in [0.2, 0.25) is 6.71 Å². The van der Waals surface area contributed by atoms with Crippen LogP contribution in [0.5, 0.6) is 0 Å². The van der Waals surface area contributed by atoms with Crippen molar-refractivity contribution in [1.82, 2.24) is 9.78 Å². The first-order valence-electron chi connectivity index (χ1n) is 15.9. The summed E-state index contributed by atoms with van der Waals surface area (Å²) in [6, 6.07) is 45.4. The lowest BCUT2D eigenvalue weighted by atomic mass is 9.35. The van der Waals surface area contributed by atoms with Gasteiger partial charge in [0.05, 0.1) is 17.1 Å². The Kier molecular flexibility index (Phi) is 7.79. The fraction of sp³-hybridized carbons (Fsp3) is 0.150. The third-order valence-electron chi connectivity index (χ3n) is 8.93. The maximum atomic E-state index is 5.04. The SMILES string of the molecule is CC1=NN(c2cccc(B(c3cccc(-c4cc(C)n(-c5ccccc5)n4)c3)c3c(C)cc(C)cc3C)c2)CN1c1ccccc1. The average molecular weight is 600 g/mol. The second-order valence-electron chi connectivity index (χ2n) is 12.3. The fourth-order valence-electron chi connectivity index (χ4n) is 6.87. The summed E-state index contributed by atoms with van der Waals surface area (Å²) < 4.78 is 2.02. The summed E-state index contributed by atoms with van der Waals surface area (Å²) in [5, 5.41) is 12.1. The van der Waals surface area contributed by atoms with E-state index in [0.717, 1.165) is 39.8 Å². The third-order valence-corrected chi connectivity index (χ3v) is 8.93. The summed E-state index contributed by atoms with van der Waals surface area (Å²) in [6.45, 7) is 11.6. The number of anilines is 2. The van der Waals surface area contributed by atoms with E-state index in [0.29, 0.717) is 6.67 Å². The molecular formula is C40H38BN5. The minimum atomic E-state index is 0.0377. The van der Waals surface area contributed by atoms with Gasteiger partial charge in [-0.05, 0) is 77.1 Å². The minimum Gasteiger partial charge on any atom is -0.308 e. The van der Waals surface area contributed by atoms with E-state index in [-0.39, 0.29) is 6.71 Å². The molecule has 6 aromatic rings. The molecule has 1 aliphatic rings. The first-order valence-corrected chi connectivity index (χ1v) is 15.9. The lowest BCUT2D eigenvalue weighted by Crippen LogP contribution is -2.54. The van der Waals surface area contributed by atoms with Crippen molar-refractivity contribution in [1.29, 1.82) is 0 Å². The van der Waals surface area contributed by atoms with Crippen LogP contribution in [0.3, 0.4) is 0 Å². The third kappa shape index (κ3) is 5.63. The maximum absolute atomic E-state index is 5.04. The minimum absolute atomic E-state index is 0.0377. The topological polar surface area (TPSA) is 36.7 Å². The number of amidine groups is 1. The first kappa shape index (κ1) is 29.4. The number of aromatic nitrogens is 2. The Bertz CT molecular complexity index is 2020. The quantitative estimate of drug-likeness (QED) is 0.187. The maximum Gasteiger partial charge on any atom is 0.242 e.